The number of hydrogen-bond acceptors (Lipinski definition) is 3. The predicted octanol–water partition coefficient (Wildman–Crippen LogP) is 1.57. The summed E-state index contributed by atoms with van der Waals surface area (Å²) in [6.45, 7) is 0. The lowest BCUT2D eigenvalue weighted by Gasteiger charge is -2.17. The number of nitrogens with zero attached hydrogens (tertiary/aromatic N) is 1. The fourth-order valence-corrected chi connectivity index (χ4v) is 1.53. The van der Waals surface area contributed by atoms with Crippen LogP contribution in [0.1, 0.15) is 0 Å². The topological polar surface area (TPSA) is 55.7 Å². The number of allylic oxidation sites excluding steroid dienone is 3. The van der Waals surface area contributed by atoms with Gasteiger partial charge in [0.1, 0.15) is 5.92 Å². The number of amides is 1. The summed E-state index contributed by atoms with van der Waals surface area (Å²) in [5.74, 6) is -1.10. The maximum atomic E-state index is 11.1. The molecule has 0 fully saturated rings. The number of aliphatic imine (C=N–C) groups is 1. The highest BCUT2D eigenvalue weighted by atomic mass is 79.9. The largest absolute Gasteiger partial charge is 0.441 e. The fourth-order valence-electron chi connectivity index (χ4n) is 1.14. The lowest BCUT2D eigenvalue weighted by Crippen LogP contribution is -2.31. The summed E-state index contributed by atoms with van der Waals surface area (Å²) >= 11 is 3.22. The molecule has 4 nitrogen and oxygen atoms in total. The van der Waals surface area contributed by atoms with E-state index >= 15 is 0 Å². The number of carbonyl (C=O) groups excluding carboxylic acids is 2. The minimum absolute atomic E-state index is 0.427. The van der Waals surface area contributed by atoms with Crippen LogP contribution < -0.4 is 0 Å². The van der Waals surface area contributed by atoms with Gasteiger partial charge in [-0.3, -0.25) is 4.79 Å². The molecule has 0 bridgehead atoms. The third-order valence-electron chi connectivity index (χ3n) is 1.71. The van der Waals surface area contributed by atoms with Crippen molar-refractivity contribution in [1.29, 1.82) is 0 Å². The van der Waals surface area contributed by atoms with Gasteiger partial charge < -0.3 is 4.74 Å². The lowest BCUT2D eigenvalue weighted by molar-refractivity contribution is -0.138. The highest BCUT2D eigenvalue weighted by Crippen LogP contribution is 2.22. The van der Waals surface area contributed by atoms with Gasteiger partial charge in [-0.05, 0) is 6.08 Å². The van der Waals surface area contributed by atoms with Gasteiger partial charge >= 0.3 is 12.1 Å². The first-order chi connectivity index (χ1) is 6.16. The highest BCUT2D eigenvalue weighted by molar-refractivity contribution is 9.11. The zero-order valence-electron chi connectivity index (χ0n) is 6.36. The van der Waals surface area contributed by atoms with Crippen LogP contribution >= 0.6 is 15.9 Å². The van der Waals surface area contributed by atoms with Crippen molar-refractivity contribution in [3.8, 4) is 0 Å². The van der Waals surface area contributed by atoms with E-state index in [0.717, 1.165) is 4.48 Å². The molecule has 0 N–H and O–H groups in total. The first-order valence-electron chi connectivity index (χ1n) is 3.56. The number of ether oxygens (including phenoxy) is 1. The summed E-state index contributed by atoms with van der Waals surface area (Å²) in [5, 5.41) is 0. The molecular weight excluding hydrogens is 238 g/mol. The summed E-state index contributed by atoms with van der Waals surface area (Å²) in [4.78, 5) is 25.4. The van der Waals surface area contributed by atoms with Crippen LogP contribution in [0.2, 0.25) is 0 Å². The molecule has 2 rings (SSSR count). The molecule has 5 heteroatoms. The zero-order valence-corrected chi connectivity index (χ0v) is 7.95. The van der Waals surface area contributed by atoms with Crippen LogP contribution in [0.3, 0.4) is 0 Å². The van der Waals surface area contributed by atoms with Gasteiger partial charge in [0.15, 0.2) is 0 Å². The van der Waals surface area contributed by atoms with Crippen molar-refractivity contribution in [3.63, 3.8) is 0 Å². The van der Waals surface area contributed by atoms with Gasteiger partial charge in [0, 0.05) is 4.48 Å². The number of carbonyl (C=O) groups is 2. The van der Waals surface area contributed by atoms with Crippen LogP contribution in [0, 0.1) is 5.92 Å². The maximum absolute atomic E-state index is 11.1. The average molecular weight is 242 g/mol. The molecule has 0 saturated heterocycles. The highest BCUT2D eigenvalue weighted by Gasteiger charge is 2.31. The smallest absolute Gasteiger partial charge is 0.374 e. The van der Waals surface area contributed by atoms with E-state index in [-0.39, 0.29) is 0 Å². The summed E-state index contributed by atoms with van der Waals surface area (Å²) < 4.78 is 5.11. The minimum Gasteiger partial charge on any atom is -0.374 e. The van der Waals surface area contributed by atoms with Crippen LogP contribution in [0.4, 0.5) is 4.79 Å². The third kappa shape index (κ3) is 1.47. The quantitative estimate of drug-likeness (QED) is 0.478. The molecule has 1 aliphatic heterocycles. The van der Waals surface area contributed by atoms with Crippen molar-refractivity contribution < 1.29 is 14.3 Å². The van der Waals surface area contributed by atoms with E-state index in [2.05, 4.69) is 25.7 Å². The number of esters is 1. The maximum Gasteiger partial charge on any atom is 0.441 e. The predicted molar refractivity (Wildman–Crippen MR) is 48.6 cm³/mol. The molecule has 1 aliphatic carbocycles. The SMILES string of the molecule is O=C1N=C2C=C(Br)C=CC2C(=O)O1. The molecule has 1 heterocycles. The lowest BCUT2D eigenvalue weighted by atomic mass is 9.98. The van der Waals surface area contributed by atoms with Crippen LogP contribution in [0.5, 0.6) is 0 Å². The van der Waals surface area contributed by atoms with E-state index < -0.39 is 18.0 Å². The molecule has 0 aromatic rings. The summed E-state index contributed by atoms with van der Waals surface area (Å²) in [7, 11) is 0. The summed E-state index contributed by atoms with van der Waals surface area (Å²) in [6.07, 6.45) is 4.14. The van der Waals surface area contributed by atoms with Crippen molar-refractivity contribution in [2.75, 3.05) is 0 Å². The molecule has 0 aromatic carbocycles. The second-order valence-electron chi connectivity index (χ2n) is 2.59. The standard InChI is InChI=1S/C8H4BrNO3/c9-4-1-2-5-6(3-4)10-8(12)13-7(5)11/h1-3,5H. The molecular formula is C8H4BrNO3. The van der Waals surface area contributed by atoms with E-state index in [4.69, 9.17) is 0 Å². The van der Waals surface area contributed by atoms with Crippen LogP contribution in [0.25, 0.3) is 0 Å². The Morgan fingerprint density at radius 2 is 2.23 bits per heavy atom. The van der Waals surface area contributed by atoms with Gasteiger partial charge in [-0.2, -0.15) is 4.99 Å². The number of rotatable bonds is 0. The molecule has 0 spiro atoms. The first kappa shape index (κ1) is 8.37. The fraction of sp³-hybridized carbons (Fsp3) is 0.125. The minimum atomic E-state index is -0.844. The van der Waals surface area contributed by atoms with Crippen LogP contribution in [0.15, 0.2) is 27.7 Å². The van der Waals surface area contributed by atoms with E-state index in [9.17, 15) is 9.59 Å². The van der Waals surface area contributed by atoms with Crippen molar-refractivity contribution in [3.05, 3.63) is 22.7 Å². The average Bonchev–Trinajstić information content (AvgIpc) is 2.02. The first-order valence-corrected chi connectivity index (χ1v) is 4.36. The third-order valence-corrected chi connectivity index (χ3v) is 2.21. The van der Waals surface area contributed by atoms with Crippen molar-refractivity contribution >= 4 is 33.7 Å². The molecule has 0 saturated carbocycles. The molecule has 0 aromatic heterocycles. The Morgan fingerprint density at radius 3 is 3.00 bits per heavy atom. The van der Waals surface area contributed by atoms with Gasteiger partial charge in [-0.15, -0.1) is 0 Å². The molecule has 13 heavy (non-hydrogen) atoms. The Labute approximate surface area is 82.1 Å². The van der Waals surface area contributed by atoms with Gasteiger partial charge in [0.05, 0.1) is 5.71 Å². The van der Waals surface area contributed by atoms with Crippen molar-refractivity contribution in [2.24, 2.45) is 10.9 Å². The second-order valence-corrected chi connectivity index (χ2v) is 3.51. The van der Waals surface area contributed by atoms with Gasteiger partial charge in [-0.25, -0.2) is 4.79 Å². The number of hydrogen-bond donors (Lipinski definition) is 0. The molecule has 2 aliphatic rings. The Hall–Kier alpha value is -1.23. The van der Waals surface area contributed by atoms with E-state index in [1.807, 2.05) is 0 Å². The summed E-state index contributed by atoms with van der Waals surface area (Å²) in [6, 6.07) is 0. The monoisotopic (exact) mass is 241 g/mol. The molecule has 66 valence electrons. The van der Waals surface area contributed by atoms with Crippen molar-refractivity contribution in [1.82, 2.24) is 0 Å². The number of fused-ring (bicyclic) bond motifs is 1. The zero-order chi connectivity index (χ0) is 9.42. The number of cyclic esters (lactones) is 2. The molecule has 1 atom stereocenters. The number of halogens is 1. The summed E-state index contributed by atoms with van der Waals surface area (Å²) in [5.41, 5.74) is 0.427. The van der Waals surface area contributed by atoms with Crippen LogP contribution in [-0.2, 0) is 9.53 Å². The molecule has 1 amide bonds. The van der Waals surface area contributed by atoms with E-state index in [0.29, 0.717) is 5.71 Å². The second kappa shape index (κ2) is 2.92. The van der Waals surface area contributed by atoms with Gasteiger partial charge in [0.2, 0.25) is 0 Å². The van der Waals surface area contributed by atoms with Gasteiger partial charge in [-0.1, -0.05) is 28.1 Å². The van der Waals surface area contributed by atoms with E-state index in [1.54, 1.807) is 18.2 Å². The Bertz CT molecular complexity index is 381. The molecule has 0 radical (unpaired) electrons. The normalized spacial score (nSPS) is 26.1. The Morgan fingerprint density at radius 1 is 1.46 bits per heavy atom. The van der Waals surface area contributed by atoms with Crippen LogP contribution in [-0.4, -0.2) is 17.8 Å². The van der Waals surface area contributed by atoms with E-state index in [1.165, 1.54) is 0 Å². The Balaban J connectivity index is 2.44. The van der Waals surface area contributed by atoms with Crippen molar-refractivity contribution in [2.45, 2.75) is 0 Å². The molecule has 1 unspecified atom stereocenters. The Kier molecular flexibility index (Phi) is 1.88. The van der Waals surface area contributed by atoms with Gasteiger partial charge in [0.25, 0.3) is 0 Å².